The van der Waals surface area contributed by atoms with E-state index in [0.29, 0.717) is 71.6 Å². The SMILES string of the molecule is COc1ccc(/C=C(/C(=O)NCCNC(=O)CCCCCC(=O)OC2C3CC4CC(C3)CC2C4)c2cc(OC)c(OC)c(OC)c2)cc1O. The van der Waals surface area contributed by atoms with E-state index in [2.05, 4.69) is 10.6 Å². The van der Waals surface area contributed by atoms with E-state index in [1.165, 1.54) is 66.6 Å². The highest BCUT2D eigenvalue weighted by molar-refractivity contribution is 6.24. The molecule has 4 aliphatic carbocycles. The van der Waals surface area contributed by atoms with Gasteiger partial charge in [0.25, 0.3) is 5.91 Å². The van der Waals surface area contributed by atoms with Crippen molar-refractivity contribution >= 4 is 29.4 Å². The van der Waals surface area contributed by atoms with E-state index in [0.717, 1.165) is 18.3 Å². The predicted molar refractivity (Wildman–Crippen MR) is 185 cm³/mol. The van der Waals surface area contributed by atoms with E-state index < -0.39 is 5.91 Å². The number of unbranched alkanes of at least 4 members (excludes halogenated alkanes) is 2. The maximum Gasteiger partial charge on any atom is 0.306 e. The third-order valence-corrected chi connectivity index (χ3v) is 10.2. The van der Waals surface area contributed by atoms with Crippen molar-refractivity contribution in [2.45, 2.75) is 70.3 Å². The summed E-state index contributed by atoms with van der Waals surface area (Å²) < 4.78 is 27.5. The number of hydrogen-bond acceptors (Lipinski definition) is 9. The first-order valence-corrected chi connectivity index (χ1v) is 17.4. The van der Waals surface area contributed by atoms with Gasteiger partial charge in [-0.25, -0.2) is 0 Å². The maximum absolute atomic E-state index is 13.5. The monoisotopic (exact) mass is 678 g/mol. The lowest BCUT2D eigenvalue weighted by molar-refractivity contribution is -0.170. The van der Waals surface area contributed by atoms with Crippen molar-refractivity contribution in [2.24, 2.45) is 23.7 Å². The molecule has 0 atom stereocenters. The van der Waals surface area contributed by atoms with Crippen LogP contribution in [0.2, 0.25) is 0 Å². The van der Waals surface area contributed by atoms with Gasteiger partial charge in [0.1, 0.15) is 6.10 Å². The second kappa shape index (κ2) is 16.8. The lowest BCUT2D eigenvalue weighted by Crippen LogP contribution is -2.50. The maximum atomic E-state index is 13.5. The summed E-state index contributed by atoms with van der Waals surface area (Å²) >= 11 is 0. The van der Waals surface area contributed by atoms with Crippen molar-refractivity contribution in [1.82, 2.24) is 10.6 Å². The standard InChI is InChI=1S/C38H50N2O9/c1-45-31-11-10-23(20-30(31)41)19-29(26-21-32(46-2)37(48-4)33(22-26)47-3)38(44)40-13-12-39-34(42)8-6-5-7-9-35(43)49-36-27-15-24-14-25(17-27)18-28(36)16-24/h10-11,19-22,24-25,27-28,36,41H,5-9,12-18H2,1-4H3,(H,39,42)(H,40,44)/b29-19+. The van der Waals surface area contributed by atoms with E-state index in [9.17, 15) is 19.5 Å². The average molecular weight is 679 g/mol. The van der Waals surface area contributed by atoms with Gasteiger partial charge in [0.05, 0.1) is 28.4 Å². The Morgan fingerprint density at radius 3 is 1.96 bits per heavy atom. The zero-order valence-electron chi connectivity index (χ0n) is 29.0. The first-order chi connectivity index (χ1) is 23.7. The van der Waals surface area contributed by atoms with Crippen LogP contribution >= 0.6 is 0 Å². The molecule has 0 aromatic heterocycles. The summed E-state index contributed by atoms with van der Waals surface area (Å²) in [6.07, 6.45) is 10.9. The van der Waals surface area contributed by atoms with Crippen molar-refractivity contribution in [3.63, 3.8) is 0 Å². The van der Waals surface area contributed by atoms with Crippen molar-refractivity contribution in [2.75, 3.05) is 41.5 Å². The van der Waals surface area contributed by atoms with Crippen molar-refractivity contribution in [3.05, 3.63) is 41.5 Å². The number of carbonyl (C=O) groups excluding carboxylic acids is 3. The second-order valence-corrected chi connectivity index (χ2v) is 13.5. The number of rotatable bonds is 17. The summed E-state index contributed by atoms with van der Waals surface area (Å²) in [7, 11) is 5.94. The zero-order valence-corrected chi connectivity index (χ0v) is 29.0. The molecule has 2 aromatic carbocycles. The number of aromatic hydroxyl groups is 1. The van der Waals surface area contributed by atoms with Crippen LogP contribution in [0, 0.1) is 23.7 Å². The molecule has 11 nitrogen and oxygen atoms in total. The van der Waals surface area contributed by atoms with Crippen LogP contribution in [0.3, 0.4) is 0 Å². The van der Waals surface area contributed by atoms with Gasteiger partial charge in [-0.05, 0) is 110 Å². The summed E-state index contributed by atoms with van der Waals surface area (Å²) in [6.45, 7) is 0.435. The smallest absolute Gasteiger partial charge is 0.306 e. The fourth-order valence-electron chi connectivity index (χ4n) is 8.05. The Kier molecular flexibility index (Phi) is 12.3. The molecule has 11 heteroatoms. The normalized spacial score (nSPS) is 22.3. The largest absolute Gasteiger partial charge is 0.504 e. The fraction of sp³-hybridized carbons (Fsp3) is 0.553. The molecule has 4 bridgehead atoms. The zero-order chi connectivity index (χ0) is 34.9. The number of carbonyl (C=O) groups is 3. The van der Waals surface area contributed by atoms with E-state index in [4.69, 9.17) is 23.7 Å². The molecule has 0 heterocycles. The first-order valence-electron chi connectivity index (χ1n) is 17.4. The third-order valence-electron chi connectivity index (χ3n) is 10.2. The molecule has 0 saturated heterocycles. The van der Waals surface area contributed by atoms with E-state index >= 15 is 0 Å². The molecule has 2 aromatic rings. The minimum absolute atomic E-state index is 0.0684. The quantitative estimate of drug-likeness (QED) is 0.0854. The van der Waals surface area contributed by atoms with Gasteiger partial charge in [-0.3, -0.25) is 14.4 Å². The molecule has 0 spiro atoms. The molecule has 49 heavy (non-hydrogen) atoms. The summed E-state index contributed by atoms with van der Waals surface area (Å²) in [4.78, 5) is 38.6. The lowest BCUT2D eigenvalue weighted by Gasteiger charge is -2.53. The van der Waals surface area contributed by atoms with Crippen LogP contribution in [0.1, 0.15) is 75.3 Å². The van der Waals surface area contributed by atoms with Crippen LogP contribution in [0.15, 0.2) is 30.3 Å². The molecule has 266 valence electrons. The number of phenols is 1. The Morgan fingerprint density at radius 2 is 1.37 bits per heavy atom. The van der Waals surface area contributed by atoms with Crippen molar-refractivity contribution in [1.29, 1.82) is 0 Å². The van der Waals surface area contributed by atoms with Crippen molar-refractivity contribution < 1.29 is 43.2 Å². The number of benzene rings is 2. The molecular formula is C38H50N2O9. The molecule has 3 N–H and O–H groups in total. The van der Waals surface area contributed by atoms with Crippen LogP contribution in [-0.4, -0.2) is 70.5 Å². The number of hydrogen-bond donors (Lipinski definition) is 3. The predicted octanol–water partition coefficient (Wildman–Crippen LogP) is 5.52. The topological polar surface area (TPSA) is 142 Å². The summed E-state index contributed by atoms with van der Waals surface area (Å²) in [5, 5.41) is 16.0. The molecule has 0 aliphatic heterocycles. The third kappa shape index (κ3) is 8.99. The number of nitrogens with one attached hydrogen (secondary N) is 2. The van der Waals surface area contributed by atoms with Gasteiger partial charge in [0, 0.05) is 31.5 Å². The number of methoxy groups -OCH3 is 4. The molecule has 0 radical (unpaired) electrons. The molecule has 4 saturated carbocycles. The molecule has 2 amide bonds. The fourth-order valence-corrected chi connectivity index (χ4v) is 8.05. The van der Waals surface area contributed by atoms with Crippen LogP contribution in [0.5, 0.6) is 28.7 Å². The van der Waals surface area contributed by atoms with Gasteiger partial charge in [-0.15, -0.1) is 0 Å². The van der Waals surface area contributed by atoms with Gasteiger partial charge >= 0.3 is 5.97 Å². The van der Waals surface area contributed by atoms with E-state index in [1.54, 1.807) is 30.3 Å². The highest BCUT2D eigenvalue weighted by atomic mass is 16.5. The summed E-state index contributed by atoms with van der Waals surface area (Å²) in [5.41, 5.74) is 1.33. The van der Waals surface area contributed by atoms with Crippen LogP contribution < -0.4 is 29.6 Å². The van der Waals surface area contributed by atoms with Crippen LogP contribution in [-0.2, 0) is 19.1 Å². The number of phenolic OH excluding ortho intramolecular Hbond substituents is 1. The number of esters is 1. The van der Waals surface area contributed by atoms with Gasteiger partial charge in [0.15, 0.2) is 23.0 Å². The minimum Gasteiger partial charge on any atom is -0.504 e. The average Bonchev–Trinajstić information content (AvgIpc) is 3.09. The molecular weight excluding hydrogens is 628 g/mol. The second-order valence-electron chi connectivity index (χ2n) is 13.5. The number of amides is 2. The van der Waals surface area contributed by atoms with E-state index in [1.807, 2.05) is 0 Å². The van der Waals surface area contributed by atoms with Gasteiger partial charge in [-0.1, -0.05) is 12.5 Å². The van der Waals surface area contributed by atoms with Gasteiger partial charge in [0.2, 0.25) is 11.7 Å². The minimum atomic E-state index is -0.403. The highest BCUT2D eigenvalue weighted by Gasteiger charge is 2.49. The van der Waals surface area contributed by atoms with Crippen molar-refractivity contribution in [3.8, 4) is 28.7 Å². The van der Waals surface area contributed by atoms with E-state index in [-0.39, 0.29) is 42.4 Å². The van der Waals surface area contributed by atoms with Gasteiger partial charge in [-0.2, -0.15) is 0 Å². The molecule has 6 rings (SSSR count). The lowest BCUT2D eigenvalue weighted by atomic mass is 9.55. The molecule has 4 fully saturated rings. The first kappa shape index (κ1) is 35.9. The Hall–Kier alpha value is -4.41. The Morgan fingerprint density at radius 1 is 0.755 bits per heavy atom. The molecule has 0 unspecified atom stereocenters. The number of ether oxygens (including phenoxy) is 5. The highest BCUT2D eigenvalue weighted by Crippen LogP contribution is 2.54. The Labute approximate surface area is 288 Å². The Bertz CT molecular complexity index is 1470. The molecule has 4 aliphatic rings. The van der Waals surface area contributed by atoms with Gasteiger partial charge < -0.3 is 39.4 Å². The van der Waals surface area contributed by atoms with Crippen LogP contribution in [0.25, 0.3) is 11.6 Å². The Balaban J connectivity index is 1.07. The summed E-state index contributed by atoms with van der Waals surface area (Å²) in [5.74, 6) is 3.59. The van der Waals surface area contributed by atoms with Crippen LogP contribution in [0.4, 0.5) is 0 Å². The summed E-state index contributed by atoms with van der Waals surface area (Å²) in [6, 6.07) is 8.16.